The van der Waals surface area contributed by atoms with Gasteiger partial charge in [0.05, 0.1) is 5.71 Å². The maximum Gasteiger partial charge on any atom is 0.124 e. The molecule has 76 valence electrons. The molecule has 3 nitrogen and oxygen atoms in total. The summed E-state index contributed by atoms with van der Waals surface area (Å²) >= 11 is 0. The number of hydrogen-bond acceptors (Lipinski definition) is 3. The van der Waals surface area contributed by atoms with Gasteiger partial charge in [-0.1, -0.05) is 30.6 Å². The summed E-state index contributed by atoms with van der Waals surface area (Å²) in [5, 5.41) is 21.7. The van der Waals surface area contributed by atoms with E-state index in [-0.39, 0.29) is 11.7 Å². The van der Waals surface area contributed by atoms with E-state index in [1.54, 1.807) is 6.07 Å². The SMILES string of the molecule is Cc1ccc(O)c(/C(=N/O)C(C)C)c1. The van der Waals surface area contributed by atoms with E-state index in [2.05, 4.69) is 5.16 Å². The molecule has 0 bridgehead atoms. The van der Waals surface area contributed by atoms with Gasteiger partial charge < -0.3 is 10.3 Å². The third-order valence-corrected chi connectivity index (χ3v) is 2.08. The fourth-order valence-electron chi connectivity index (χ4n) is 1.34. The summed E-state index contributed by atoms with van der Waals surface area (Å²) in [7, 11) is 0. The molecule has 0 heterocycles. The van der Waals surface area contributed by atoms with Gasteiger partial charge in [-0.3, -0.25) is 0 Å². The Balaban J connectivity index is 3.23. The largest absolute Gasteiger partial charge is 0.507 e. The van der Waals surface area contributed by atoms with Crippen molar-refractivity contribution in [2.24, 2.45) is 11.1 Å². The standard InChI is InChI=1S/C11H15NO2/c1-7(2)11(12-14)9-6-8(3)4-5-10(9)13/h4-7,13-14H,1-3H3/b12-11+. The monoisotopic (exact) mass is 193 g/mol. The highest BCUT2D eigenvalue weighted by atomic mass is 16.4. The minimum Gasteiger partial charge on any atom is -0.507 e. The van der Waals surface area contributed by atoms with Crippen LogP contribution in [0, 0.1) is 12.8 Å². The molecule has 3 heteroatoms. The lowest BCUT2D eigenvalue weighted by atomic mass is 9.98. The van der Waals surface area contributed by atoms with E-state index in [9.17, 15) is 5.11 Å². The van der Waals surface area contributed by atoms with Crippen molar-refractivity contribution >= 4 is 5.71 Å². The minimum absolute atomic E-state index is 0.0766. The molecule has 0 spiro atoms. The number of rotatable bonds is 2. The Morgan fingerprint density at radius 3 is 2.50 bits per heavy atom. The normalized spacial score (nSPS) is 12.1. The molecule has 1 aromatic rings. The average Bonchev–Trinajstić information content (AvgIpc) is 2.11. The maximum atomic E-state index is 9.59. The van der Waals surface area contributed by atoms with Gasteiger partial charge >= 0.3 is 0 Å². The molecule has 1 aromatic carbocycles. The fraction of sp³-hybridized carbons (Fsp3) is 0.364. The van der Waals surface area contributed by atoms with Gasteiger partial charge in [0.1, 0.15) is 5.75 Å². The molecule has 0 atom stereocenters. The van der Waals surface area contributed by atoms with E-state index in [0.717, 1.165) is 5.56 Å². The van der Waals surface area contributed by atoms with Crippen LogP contribution in [0.3, 0.4) is 0 Å². The first-order chi connectivity index (χ1) is 6.56. The summed E-state index contributed by atoms with van der Waals surface area (Å²) < 4.78 is 0. The highest BCUT2D eigenvalue weighted by Gasteiger charge is 2.13. The molecule has 0 unspecified atom stereocenters. The average molecular weight is 193 g/mol. The Hall–Kier alpha value is -1.51. The van der Waals surface area contributed by atoms with Crippen molar-refractivity contribution in [3.05, 3.63) is 29.3 Å². The zero-order valence-electron chi connectivity index (χ0n) is 8.65. The lowest BCUT2D eigenvalue weighted by Crippen LogP contribution is -2.09. The Labute approximate surface area is 83.7 Å². The second-order valence-electron chi connectivity index (χ2n) is 3.66. The molecule has 0 radical (unpaired) electrons. The summed E-state index contributed by atoms with van der Waals surface area (Å²) in [6, 6.07) is 5.23. The van der Waals surface area contributed by atoms with Gasteiger partial charge in [-0.2, -0.15) is 0 Å². The molecule has 0 saturated carbocycles. The lowest BCUT2D eigenvalue weighted by Gasteiger charge is -2.10. The predicted octanol–water partition coefficient (Wildman–Crippen LogP) is 2.53. The lowest BCUT2D eigenvalue weighted by molar-refractivity contribution is 0.316. The molecule has 0 amide bonds. The highest BCUT2D eigenvalue weighted by Crippen LogP contribution is 2.22. The van der Waals surface area contributed by atoms with Crippen molar-refractivity contribution < 1.29 is 10.3 Å². The molecule has 0 saturated heterocycles. The van der Waals surface area contributed by atoms with Crippen molar-refractivity contribution in [1.29, 1.82) is 0 Å². The van der Waals surface area contributed by atoms with Gasteiger partial charge in [-0.15, -0.1) is 0 Å². The van der Waals surface area contributed by atoms with Gasteiger partial charge in [0.15, 0.2) is 0 Å². The smallest absolute Gasteiger partial charge is 0.124 e. The second-order valence-corrected chi connectivity index (χ2v) is 3.66. The van der Waals surface area contributed by atoms with Gasteiger partial charge in [0, 0.05) is 5.56 Å². The number of aryl methyl sites for hydroxylation is 1. The number of oxime groups is 1. The Kier molecular flexibility index (Phi) is 3.12. The van der Waals surface area contributed by atoms with Crippen LogP contribution in [0.5, 0.6) is 5.75 Å². The van der Waals surface area contributed by atoms with E-state index in [4.69, 9.17) is 5.21 Å². The number of hydrogen-bond donors (Lipinski definition) is 2. The van der Waals surface area contributed by atoms with Crippen LogP contribution in [0.15, 0.2) is 23.4 Å². The molecule has 0 aromatic heterocycles. The quantitative estimate of drug-likeness (QED) is 0.431. The first-order valence-corrected chi connectivity index (χ1v) is 4.58. The van der Waals surface area contributed by atoms with Gasteiger partial charge in [0.2, 0.25) is 0 Å². The van der Waals surface area contributed by atoms with Crippen LogP contribution in [-0.4, -0.2) is 16.0 Å². The molecular formula is C11H15NO2. The summed E-state index contributed by atoms with van der Waals surface area (Å²) in [6.07, 6.45) is 0. The van der Waals surface area contributed by atoms with E-state index in [1.165, 1.54) is 0 Å². The summed E-state index contributed by atoms with van der Waals surface area (Å²) in [6.45, 7) is 5.76. The molecule has 0 fully saturated rings. The third kappa shape index (κ3) is 2.05. The summed E-state index contributed by atoms with van der Waals surface area (Å²) in [5.74, 6) is 0.227. The number of phenolic OH excluding ortho intramolecular Hbond substituents is 1. The van der Waals surface area contributed by atoms with Crippen LogP contribution in [0.25, 0.3) is 0 Å². The maximum absolute atomic E-state index is 9.59. The Bertz CT molecular complexity index is 356. The van der Waals surface area contributed by atoms with E-state index in [1.807, 2.05) is 32.9 Å². The fourth-order valence-corrected chi connectivity index (χ4v) is 1.34. The van der Waals surface area contributed by atoms with Crippen LogP contribution in [0.1, 0.15) is 25.0 Å². The van der Waals surface area contributed by atoms with E-state index >= 15 is 0 Å². The van der Waals surface area contributed by atoms with Crippen molar-refractivity contribution in [2.75, 3.05) is 0 Å². The molecular weight excluding hydrogens is 178 g/mol. The summed E-state index contributed by atoms with van der Waals surface area (Å²) in [5.41, 5.74) is 2.13. The Morgan fingerprint density at radius 2 is 2.00 bits per heavy atom. The molecule has 1 rings (SSSR count). The first-order valence-electron chi connectivity index (χ1n) is 4.58. The van der Waals surface area contributed by atoms with Gasteiger partial charge in [-0.25, -0.2) is 0 Å². The minimum atomic E-state index is 0.0766. The second kappa shape index (κ2) is 4.13. The molecule has 2 N–H and O–H groups in total. The molecule has 14 heavy (non-hydrogen) atoms. The number of phenols is 1. The number of nitrogens with zero attached hydrogens (tertiary/aromatic N) is 1. The van der Waals surface area contributed by atoms with Crippen molar-refractivity contribution in [3.63, 3.8) is 0 Å². The summed E-state index contributed by atoms with van der Waals surface area (Å²) in [4.78, 5) is 0. The van der Waals surface area contributed by atoms with Gasteiger partial charge in [-0.05, 0) is 25.0 Å². The highest BCUT2D eigenvalue weighted by molar-refractivity contribution is 6.03. The van der Waals surface area contributed by atoms with E-state index in [0.29, 0.717) is 11.3 Å². The van der Waals surface area contributed by atoms with Gasteiger partial charge in [0.25, 0.3) is 0 Å². The van der Waals surface area contributed by atoms with Crippen LogP contribution < -0.4 is 0 Å². The number of aromatic hydroxyl groups is 1. The van der Waals surface area contributed by atoms with E-state index < -0.39 is 0 Å². The molecule has 0 aliphatic rings. The zero-order valence-corrected chi connectivity index (χ0v) is 8.65. The van der Waals surface area contributed by atoms with Crippen molar-refractivity contribution in [3.8, 4) is 5.75 Å². The third-order valence-electron chi connectivity index (χ3n) is 2.08. The van der Waals surface area contributed by atoms with Crippen molar-refractivity contribution in [2.45, 2.75) is 20.8 Å². The van der Waals surface area contributed by atoms with Crippen LogP contribution in [-0.2, 0) is 0 Å². The predicted molar refractivity (Wildman–Crippen MR) is 56.0 cm³/mol. The topological polar surface area (TPSA) is 52.8 Å². The Morgan fingerprint density at radius 1 is 1.36 bits per heavy atom. The first kappa shape index (κ1) is 10.6. The van der Waals surface area contributed by atoms with Crippen LogP contribution in [0.2, 0.25) is 0 Å². The molecule has 0 aliphatic heterocycles. The van der Waals surface area contributed by atoms with Crippen LogP contribution in [0.4, 0.5) is 0 Å². The number of benzene rings is 1. The van der Waals surface area contributed by atoms with Crippen LogP contribution >= 0.6 is 0 Å². The van der Waals surface area contributed by atoms with Crippen molar-refractivity contribution in [1.82, 2.24) is 0 Å². The zero-order chi connectivity index (χ0) is 10.7. The molecule has 0 aliphatic carbocycles.